The average molecular weight is 414 g/mol. The number of halogens is 3. The molecule has 3 heterocycles. The number of nitrogens with one attached hydrogen (secondary N) is 1. The Balaban J connectivity index is 0.00000225. The minimum Gasteiger partial charge on any atom is -0.435 e. The fraction of sp³-hybridized carbons (Fsp3) is 0.500. The third-order valence-corrected chi connectivity index (χ3v) is 5.29. The molecule has 0 spiro atoms. The molecule has 0 aliphatic carbocycles. The lowest BCUT2D eigenvalue weighted by Gasteiger charge is -2.27. The van der Waals surface area contributed by atoms with Crippen LogP contribution in [0.25, 0.3) is 5.69 Å². The second-order valence-corrected chi connectivity index (χ2v) is 6.90. The minimum absolute atomic E-state index is 0. The van der Waals surface area contributed by atoms with E-state index >= 15 is 0 Å². The maximum Gasteiger partial charge on any atom is 0.387 e. The highest BCUT2D eigenvalue weighted by Gasteiger charge is 2.39. The molecule has 1 aromatic heterocycles. The molecule has 2 fully saturated rings. The number of carbonyl (C=O) groups is 1. The lowest BCUT2D eigenvalue weighted by Crippen LogP contribution is -2.43. The summed E-state index contributed by atoms with van der Waals surface area (Å²) in [4.78, 5) is 15.1. The number of rotatable bonds is 4. The van der Waals surface area contributed by atoms with E-state index in [1.807, 2.05) is 4.90 Å². The van der Waals surface area contributed by atoms with Gasteiger partial charge in [-0.2, -0.15) is 8.78 Å². The third-order valence-electron chi connectivity index (χ3n) is 5.29. The van der Waals surface area contributed by atoms with E-state index in [4.69, 9.17) is 0 Å². The molecular weight excluding hydrogens is 392 g/mol. The average Bonchev–Trinajstić information content (AvgIpc) is 3.13. The molecule has 1 N–H and O–H groups in total. The number of ether oxygens (including phenoxy) is 1. The maximum absolute atomic E-state index is 13.1. The Bertz CT molecular complexity index is 816. The molecule has 152 valence electrons. The normalized spacial score (nSPS) is 21.4. The summed E-state index contributed by atoms with van der Waals surface area (Å²) in [5.41, 5.74) is 1.59. The SMILES string of the molecule is Cc1c(C(=O)N2C3CCNCC2CC3)nnn1-c1ccc(OC(F)F)cc1.Cl. The van der Waals surface area contributed by atoms with Crippen molar-refractivity contribution in [2.45, 2.75) is 44.9 Å². The molecule has 28 heavy (non-hydrogen) atoms. The van der Waals surface area contributed by atoms with E-state index in [-0.39, 0.29) is 36.1 Å². The Hall–Kier alpha value is -2.26. The fourth-order valence-electron chi connectivity index (χ4n) is 3.98. The van der Waals surface area contributed by atoms with Gasteiger partial charge in [0.15, 0.2) is 5.69 Å². The number of aromatic nitrogens is 3. The smallest absolute Gasteiger partial charge is 0.387 e. The van der Waals surface area contributed by atoms with Gasteiger partial charge < -0.3 is 15.0 Å². The van der Waals surface area contributed by atoms with E-state index in [2.05, 4.69) is 20.4 Å². The molecule has 7 nitrogen and oxygen atoms in total. The Morgan fingerprint density at radius 1 is 1.21 bits per heavy atom. The van der Waals surface area contributed by atoms with Crippen LogP contribution in [0.1, 0.15) is 35.4 Å². The van der Waals surface area contributed by atoms with Gasteiger partial charge >= 0.3 is 6.61 Å². The first-order chi connectivity index (χ1) is 13.0. The second kappa shape index (κ2) is 8.40. The number of alkyl halides is 2. The Morgan fingerprint density at radius 2 is 1.93 bits per heavy atom. The first kappa shape index (κ1) is 20.5. The van der Waals surface area contributed by atoms with Crippen molar-refractivity contribution in [2.75, 3.05) is 13.1 Å². The standard InChI is InChI=1S/C18H21F2N5O2.ClH/c1-11-16(17(26)24-12-2-3-14(24)10-21-9-8-12)22-23-25(11)13-4-6-15(7-5-13)27-18(19)20;/h4-7,12,14,18,21H,2-3,8-10H2,1H3;1H. The van der Waals surface area contributed by atoms with Crippen molar-refractivity contribution in [2.24, 2.45) is 0 Å². The Morgan fingerprint density at radius 3 is 2.64 bits per heavy atom. The molecule has 1 aromatic carbocycles. The van der Waals surface area contributed by atoms with Crippen LogP contribution < -0.4 is 10.1 Å². The summed E-state index contributed by atoms with van der Waals surface area (Å²) >= 11 is 0. The zero-order valence-electron chi connectivity index (χ0n) is 15.3. The van der Waals surface area contributed by atoms with Gasteiger partial charge in [0, 0.05) is 18.6 Å². The predicted molar refractivity (Wildman–Crippen MR) is 100 cm³/mol. The van der Waals surface area contributed by atoms with Crippen molar-refractivity contribution in [1.29, 1.82) is 0 Å². The number of nitrogens with zero attached hydrogens (tertiary/aromatic N) is 4. The molecule has 10 heteroatoms. The molecule has 0 radical (unpaired) electrons. The molecule has 2 aliphatic rings. The fourth-order valence-corrected chi connectivity index (χ4v) is 3.98. The van der Waals surface area contributed by atoms with Gasteiger partial charge in [0.05, 0.1) is 11.4 Å². The topological polar surface area (TPSA) is 72.3 Å². The van der Waals surface area contributed by atoms with Crippen LogP contribution in [0.2, 0.25) is 0 Å². The molecule has 2 bridgehead atoms. The van der Waals surface area contributed by atoms with Crippen LogP contribution in [0.15, 0.2) is 24.3 Å². The van der Waals surface area contributed by atoms with Crippen LogP contribution in [-0.4, -0.2) is 57.6 Å². The van der Waals surface area contributed by atoms with Crippen molar-refractivity contribution >= 4 is 18.3 Å². The number of benzene rings is 1. The molecule has 2 aliphatic heterocycles. The highest BCUT2D eigenvalue weighted by atomic mass is 35.5. The van der Waals surface area contributed by atoms with Crippen LogP contribution in [0, 0.1) is 6.92 Å². The zero-order valence-corrected chi connectivity index (χ0v) is 16.2. The minimum atomic E-state index is -2.87. The summed E-state index contributed by atoms with van der Waals surface area (Å²) in [6.45, 7) is 0.645. The van der Waals surface area contributed by atoms with Gasteiger partial charge in [0.1, 0.15) is 5.75 Å². The highest BCUT2D eigenvalue weighted by molar-refractivity contribution is 5.94. The first-order valence-electron chi connectivity index (χ1n) is 9.05. The van der Waals surface area contributed by atoms with Gasteiger partial charge in [-0.05, 0) is 57.0 Å². The van der Waals surface area contributed by atoms with Crippen molar-refractivity contribution in [3.05, 3.63) is 35.7 Å². The van der Waals surface area contributed by atoms with Gasteiger partial charge in [0.2, 0.25) is 0 Å². The quantitative estimate of drug-likeness (QED) is 0.834. The molecule has 2 unspecified atom stereocenters. The van der Waals surface area contributed by atoms with Crippen LogP contribution >= 0.6 is 12.4 Å². The van der Waals surface area contributed by atoms with Gasteiger partial charge in [-0.3, -0.25) is 4.79 Å². The number of fused-ring (bicyclic) bond motifs is 2. The van der Waals surface area contributed by atoms with E-state index in [0.29, 0.717) is 17.1 Å². The molecular formula is C18H22ClF2N5O2. The summed E-state index contributed by atoms with van der Waals surface area (Å²) in [5.74, 6) is -0.0240. The maximum atomic E-state index is 13.1. The summed E-state index contributed by atoms with van der Waals surface area (Å²) in [7, 11) is 0. The van der Waals surface area contributed by atoms with E-state index in [1.165, 1.54) is 16.8 Å². The highest BCUT2D eigenvalue weighted by Crippen LogP contribution is 2.30. The number of hydrogen-bond donors (Lipinski definition) is 1. The number of amides is 1. The largest absolute Gasteiger partial charge is 0.435 e. The molecule has 2 atom stereocenters. The Labute approximate surface area is 167 Å². The number of carbonyl (C=O) groups excluding carboxylic acids is 1. The summed E-state index contributed by atoms with van der Waals surface area (Å²) in [6.07, 6.45) is 2.97. The van der Waals surface area contributed by atoms with E-state index in [0.717, 1.165) is 32.4 Å². The van der Waals surface area contributed by atoms with E-state index in [1.54, 1.807) is 19.1 Å². The summed E-state index contributed by atoms with van der Waals surface area (Å²) in [6, 6.07) is 6.52. The van der Waals surface area contributed by atoms with Gasteiger partial charge in [0.25, 0.3) is 5.91 Å². The lowest BCUT2D eigenvalue weighted by atomic mass is 10.1. The summed E-state index contributed by atoms with van der Waals surface area (Å²) in [5, 5.41) is 11.6. The summed E-state index contributed by atoms with van der Waals surface area (Å²) < 4.78 is 30.4. The van der Waals surface area contributed by atoms with Crippen LogP contribution in [0.3, 0.4) is 0 Å². The molecule has 4 rings (SSSR count). The first-order valence-corrected chi connectivity index (χ1v) is 9.05. The second-order valence-electron chi connectivity index (χ2n) is 6.90. The molecule has 2 aromatic rings. The van der Waals surface area contributed by atoms with Gasteiger partial charge in [-0.25, -0.2) is 4.68 Å². The van der Waals surface area contributed by atoms with E-state index in [9.17, 15) is 13.6 Å². The monoisotopic (exact) mass is 413 g/mol. The molecule has 0 saturated carbocycles. The van der Waals surface area contributed by atoms with Crippen LogP contribution in [-0.2, 0) is 0 Å². The van der Waals surface area contributed by atoms with Crippen molar-refractivity contribution in [3.63, 3.8) is 0 Å². The van der Waals surface area contributed by atoms with Crippen molar-refractivity contribution in [1.82, 2.24) is 25.2 Å². The molecule has 1 amide bonds. The lowest BCUT2D eigenvalue weighted by molar-refractivity contribution is -0.0498. The Kier molecular flexibility index (Phi) is 6.14. The van der Waals surface area contributed by atoms with Gasteiger partial charge in [-0.15, -0.1) is 17.5 Å². The van der Waals surface area contributed by atoms with E-state index < -0.39 is 6.61 Å². The predicted octanol–water partition coefficient (Wildman–Crippen LogP) is 2.57. The van der Waals surface area contributed by atoms with Gasteiger partial charge in [-0.1, -0.05) is 5.21 Å². The molecule has 2 saturated heterocycles. The number of hydrogen-bond acceptors (Lipinski definition) is 5. The van der Waals surface area contributed by atoms with Crippen LogP contribution in [0.4, 0.5) is 8.78 Å². The van der Waals surface area contributed by atoms with Crippen molar-refractivity contribution < 1.29 is 18.3 Å². The zero-order chi connectivity index (χ0) is 19.0. The third kappa shape index (κ3) is 3.81. The van der Waals surface area contributed by atoms with Crippen molar-refractivity contribution in [3.8, 4) is 11.4 Å². The van der Waals surface area contributed by atoms with Crippen LogP contribution in [0.5, 0.6) is 5.75 Å².